The van der Waals surface area contributed by atoms with Crippen LogP contribution in [0.2, 0.25) is 0 Å². The van der Waals surface area contributed by atoms with Crippen molar-refractivity contribution >= 4 is 27.6 Å². The predicted octanol–water partition coefficient (Wildman–Crippen LogP) is 2.03. The summed E-state index contributed by atoms with van der Waals surface area (Å²) in [6, 6.07) is 15.5. The number of anilines is 2. The van der Waals surface area contributed by atoms with E-state index >= 15 is 0 Å². The third-order valence-electron chi connectivity index (χ3n) is 3.89. The average Bonchev–Trinajstić information content (AvgIpc) is 2.69. The molecule has 3 rings (SSSR count). The lowest BCUT2D eigenvalue weighted by atomic mass is 10.1. The molecular weight excluding hydrogens is 378 g/mol. The van der Waals surface area contributed by atoms with E-state index < -0.39 is 10.0 Å². The summed E-state index contributed by atoms with van der Waals surface area (Å²) in [5.74, 6) is 0.116. The molecule has 1 amide bonds. The molecular formula is C19H19N5O3S. The van der Waals surface area contributed by atoms with Crippen molar-refractivity contribution in [3.05, 3.63) is 78.1 Å². The van der Waals surface area contributed by atoms with Crippen molar-refractivity contribution in [2.75, 3.05) is 17.2 Å². The summed E-state index contributed by atoms with van der Waals surface area (Å²) in [5.41, 5.74) is 2.00. The topological polar surface area (TPSA) is 127 Å². The van der Waals surface area contributed by atoms with Crippen LogP contribution in [0.25, 0.3) is 0 Å². The van der Waals surface area contributed by atoms with Gasteiger partial charge in [-0.1, -0.05) is 30.3 Å². The molecule has 9 heteroatoms. The molecule has 28 heavy (non-hydrogen) atoms. The molecule has 3 aromatic rings. The molecule has 0 unspecified atom stereocenters. The summed E-state index contributed by atoms with van der Waals surface area (Å²) in [5, 5.41) is 10.9. The maximum Gasteiger partial charge on any atom is 0.258 e. The van der Waals surface area contributed by atoms with E-state index in [1.54, 1.807) is 24.3 Å². The van der Waals surface area contributed by atoms with Crippen molar-refractivity contribution < 1.29 is 13.2 Å². The quantitative estimate of drug-likeness (QED) is 0.560. The summed E-state index contributed by atoms with van der Waals surface area (Å²) in [6.07, 6.45) is 3.55. The Bertz CT molecular complexity index is 1040. The fourth-order valence-electron chi connectivity index (χ4n) is 2.43. The summed E-state index contributed by atoms with van der Waals surface area (Å²) in [7, 11) is -3.68. The molecule has 8 nitrogen and oxygen atoms in total. The molecule has 1 aromatic heterocycles. The lowest BCUT2D eigenvalue weighted by molar-refractivity contribution is 0.102. The van der Waals surface area contributed by atoms with Crippen LogP contribution in [0.4, 0.5) is 11.6 Å². The molecule has 0 spiro atoms. The fraction of sp³-hybridized carbons (Fsp3) is 0.105. The summed E-state index contributed by atoms with van der Waals surface area (Å²) < 4.78 is 22.5. The van der Waals surface area contributed by atoms with E-state index in [1.165, 1.54) is 24.5 Å². The monoisotopic (exact) mass is 397 g/mol. The largest absolute Gasteiger partial charge is 0.354 e. The van der Waals surface area contributed by atoms with Gasteiger partial charge in [0.2, 0.25) is 16.0 Å². The minimum absolute atomic E-state index is 0.0805. The molecule has 0 fully saturated rings. The van der Waals surface area contributed by atoms with E-state index in [9.17, 15) is 13.2 Å². The Labute approximate surface area is 162 Å². The van der Waals surface area contributed by atoms with Crippen molar-refractivity contribution in [3.8, 4) is 0 Å². The van der Waals surface area contributed by atoms with Gasteiger partial charge in [-0.05, 0) is 36.2 Å². The number of benzene rings is 2. The molecule has 1 heterocycles. The standard InChI is InChI=1S/C19H19N5O3S/c20-28(26,27)17-8-6-14(7-9-17)10-11-21-19-22-12-15(13-23-19)18(25)24-16-4-2-1-3-5-16/h1-9,12-13H,10-11H2,(H,24,25)(H2,20,26,27)(H,21,22,23). The first-order valence-corrected chi connectivity index (χ1v) is 10.0. The normalized spacial score (nSPS) is 11.0. The van der Waals surface area contributed by atoms with Crippen LogP contribution >= 0.6 is 0 Å². The Morgan fingerprint density at radius 3 is 2.21 bits per heavy atom. The highest BCUT2D eigenvalue weighted by Crippen LogP contribution is 2.10. The van der Waals surface area contributed by atoms with Crippen LogP contribution in [0.3, 0.4) is 0 Å². The number of carbonyl (C=O) groups is 1. The number of nitrogens with one attached hydrogen (secondary N) is 2. The molecule has 0 saturated heterocycles. The number of hydrogen-bond acceptors (Lipinski definition) is 6. The van der Waals surface area contributed by atoms with Gasteiger partial charge in [0.1, 0.15) is 0 Å². The predicted molar refractivity (Wildman–Crippen MR) is 106 cm³/mol. The van der Waals surface area contributed by atoms with Gasteiger partial charge in [-0.15, -0.1) is 0 Å². The summed E-state index contributed by atoms with van der Waals surface area (Å²) >= 11 is 0. The molecule has 4 N–H and O–H groups in total. The van der Waals surface area contributed by atoms with Gasteiger partial charge in [-0.25, -0.2) is 23.5 Å². The zero-order valence-electron chi connectivity index (χ0n) is 14.9. The van der Waals surface area contributed by atoms with Gasteiger partial charge in [-0.3, -0.25) is 4.79 Å². The van der Waals surface area contributed by atoms with Crippen LogP contribution in [0.15, 0.2) is 71.9 Å². The van der Waals surface area contributed by atoms with Crippen molar-refractivity contribution in [1.82, 2.24) is 9.97 Å². The second kappa shape index (κ2) is 8.59. The van der Waals surface area contributed by atoms with Gasteiger partial charge in [0.15, 0.2) is 0 Å². The third kappa shape index (κ3) is 5.35. The smallest absolute Gasteiger partial charge is 0.258 e. The number of rotatable bonds is 7. The summed E-state index contributed by atoms with van der Waals surface area (Å²) in [6.45, 7) is 0.546. The maximum absolute atomic E-state index is 12.2. The van der Waals surface area contributed by atoms with Gasteiger partial charge in [0, 0.05) is 24.6 Å². The number of para-hydroxylation sites is 1. The van der Waals surface area contributed by atoms with Crippen molar-refractivity contribution in [3.63, 3.8) is 0 Å². The van der Waals surface area contributed by atoms with Crippen molar-refractivity contribution in [2.24, 2.45) is 5.14 Å². The molecule has 144 valence electrons. The molecule has 2 aromatic carbocycles. The van der Waals surface area contributed by atoms with Gasteiger partial charge < -0.3 is 10.6 Å². The molecule has 0 aliphatic carbocycles. The number of primary sulfonamides is 1. The maximum atomic E-state index is 12.2. The van der Waals surface area contributed by atoms with Crippen LogP contribution in [0.5, 0.6) is 0 Å². The Morgan fingerprint density at radius 2 is 1.61 bits per heavy atom. The van der Waals surface area contributed by atoms with Crippen LogP contribution in [-0.4, -0.2) is 30.8 Å². The summed E-state index contributed by atoms with van der Waals surface area (Å²) in [4.78, 5) is 20.5. The van der Waals surface area contributed by atoms with Gasteiger partial charge in [0.25, 0.3) is 5.91 Å². The Hall–Kier alpha value is -3.30. The molecule has 0 radical (unpaired) electrons. The Balaban J connectivity index is 1.51. The Morgan fingerprint density at radius 1 is 0.964 bits per heavy atom. The average molecular weight is 397 g/mol. The van der Waals surface area contributed by atoms with Crippen LogP contribution in [0, 0.1) is 0 Å². The number of carbonyl (C=O) groups excluding carboxylic acids is 1. The van der Waals surface area contributed by atoms with Crippen molar-refractivity contribution in [2.45, 2.75) is 11.3 Å². The molecule has 0 aliphatic rings. The first-order valence-electron chi connectivity index (χ1n) is 8.46. The zero-order valence-corrected chi connectivity index (χ0v) is 15.7. The van der Waals surface area contributed by atoms with E-state index in [1.807, 2.05) is 18.2 Å². The van der Waals surface area contributed by atoms with Gasteiger partial charge in [0.05, 0.1) is 10.5 Å². The number of nitrogens with zero attached hydrogens (tertiary/aromatic N) is 2. The lowest BCUT2D eigenvalue weighted by Crippen LogP contribution is -2.14. The fourth-order valence-corrected chi connectivity index (χ4v) is 2.94. The highest BCUT2D eigenvalue weighted by molar-refractivity contribution is 7.89. The Kier molecular flexibility index (Phi) is 5.97. The van der Waals surface area contributed by atoms with Gasteiger partial charge >= 0.3 is 0 Å². The first kappa shape index (κ1) is 19.5. The highest BCUT2D eigenvalue weighted by Gasteiger charge is 2.08. The molecule has 0 aliphatic heterocycles. The highest BCUT2D eigenvalue weighted by atomic mass is 32.2. The van der Waals surface area contributed by atoms with Crippen LogP contribution in [0.1, 0.15) is 15.9 Å². The molecule has 0 bridgehead atoms. The van der Waals surface area contributed by atoms with E-state index in [4.69, 9.17) is 5.14 Å². The second-order valence-electron chi connectivity index (χ2n) is 5.98. The minimum atomic E-state index is -3.68. The number of hydrogen-bond donors (Lipinski definition) is 3. The van der Waals surface area contributed by atoms with E-state index in [-0.39, 0.29) is 10.8 Å². The zero-order chi connectivity index (χ0) is 20.0. The number of aromatic nitrogens is 2. The molecule has 0 saturated carbocycles. The number of sulfonamides is 1. The SMILES string of the molecule is NS(=O)(=O)c1ccc(CCNc2ncc(C(=O)Nc3ccccc3)cn2)cc1. The van der Waals surface area contributed by atoms with Crippen LogP contribution in [-0.2, 0) is 16.4 Å². The van der Waals surface area contributed by atoms with Crippen molar-refractivity contribution in [1.29, 1.82) is 0 Å². The molecule has 0 atom stereocenters. The van der Waals surface area contributed by atoms with E-state index in [0.29, 0.717) is 30.2 Å². The number of amides is 1. The first-order chi connectivity index (χ1) is 13.4. The lowest BCUT2D eigenvalue weighted by Gasteiger charge is -2.07. The minimum Gasteiger partial charge on any atom is -0.354 e. The second-order valence-corrected chi connectivity index (χ2v) is 7.54. The van der Waals surface area contributed by atoms with Gasteiger partial charge in [-0.2, -0.15) is 0 Å². The third-order valence-corrected chi connectivity index (χ3v) is 4.82. The number of nitrogens with two attached hydrogens (primary N) is 1. The van der Waals surface area contributed by atoms with E-state index in [0.717, 1.165) is 5.56 Å². The van der Waals surface area contributed by atoms with Crippen LogP contribution < -0.4 is 15.8 Å². The van der Waals surface area contributed by atoms with E-state index in [2.05, 4.69) is 20.6 Å².